The third-order valence-corrected chi connectivity index (χ3v) is 1.52. The Bertz CT molecular complexity index is 357. The molecule has 0 aliphatic carbocycles. The van der Waals surface area contributed by atoms with Gasteiger partial charge in [-0.15, -0.1) is 0 Å². The Kier molecular flexibility index (Phi) is 2.93. The monoisotopic (exact) mass is 175 g/mol. The summed E-state index contributed by atoms with van der Waals surface area (Å²) in [5.41, 5.74) is 6.31. The van der Waals surface area contributed by atoms with Gasteiger partial charge in [-0.2, -0.15) is 0 Å². The average molecular weight is 175 g/mol. The van der Waals surface area contributed by atoms with Crippen LogP contribution in [0.4, 0.5) is 0 Å². The van der Waals surface area contributed by atoms with Crippen LogP contribution in [0.5, 0.6) is 0 Å². The summed E-state index contributed by atoms with van der Waals surface area (Å²) in [6.07, 6.45) is 0. The second kappa shape index (κ2) is 4.17. The number of benzene rings is 1. The molecule has 0 saturated carbocycles. The highest BCUT2D eigenvalue weighted by molar-refractivity contribution is 5.89. The van der Waals surface area contributed by atoms with Crippen LogP contribution in [-0.4, -0.2) is 13.1 Å². The third kappa shape index (κ3) is 2.24. The fourth-order valence-corrected chi connectivity index (χ4v) is 0.891. The van der Waals surface area contributed by atoms with Crippen LogP contribution in [0.25, 0.3) is 0 Å². The van der Waals surface area contributed by atoms with Crippen LogP contribution in [-0.2, 0) is 4.74 Å². The molecule has 0 amide bonds. The summed E-state index contributed by atoms with van der Waals surface area (Å²) in [6.45, 7) is 0. The Morgan fingerprint density at radius 1 is 1.38 bits per heavy atom. The molecule has 0 bridgehead atoms. The van der Waals surface area contributed by atoms with Gasteiger partial charge in [-0.05, 0) is 30.2 Å². The molecule has 3 heteroatoms. The summed E-state index contributed by atoms with van der Waals surface area (Å²) in [5, 5.41) is 0. The van der Waals surface area contributed by atoms with Crippen molar-refractivity contribution >= 4 is 5.97 Å². The van der Waals surface area contributed by atoms with Crippen LogP contribution in [0.15, 0.2) is 24.3 Å². The fourth-order valence-electron chi connectivity index (χ4n) is 0.891. The number of ether oxygens (including phenoxy) is 1. The largest absolute Gasteiger partial charge is 0.465 e. The van der Waals surface area contributed by atoms with Gasteiger partial charge in [-0.25, -0.2) is 4.79 Å². The second-order valence-electron chi connectivity index (χ2n) is 2.34. The van der Waals surface area contributed by atoms with Crippen molar-refractivity contribution in [2.24, 2.45) is 5.73 Å². The highest BCUT2D eigenvalue weighted by atomic mass is 16.5. The lowest BCUT2D eigenvalue weighted by Crippen LogP contribution is -2.00. The first-order valence-corrected chi connectivity index (χ1v) is 3.68. The minimum atomic E-state index is -0.354. The van der Waals surface area contributed by atoms with Crippen molar-refractivity contribution in [1.29, 1.82) is 0 Å². The van der Waals surface area contributed by atoms with E-state index in [1.165, 1.54) is 7.11 Å². The summed E-state index contributed by atoms with van der Waals surface area (Å²) in [7, 11) is 1.34. The van der Waals surface area contributed by atoms with E-state index in [2.05, 4.69) is 16.7 Å². The highest BCUT2D eigenvalue weighted by Crippen LogP contribution is 2.04. The minimum Gasteiger partial charge on any atom is -0.465 e. The predicted molar refractivity (Wildman–Crippen MR) is 48.8 cm³/mol. The maximum atomic E-state index is 11.0. The van der Waals surface area contributed by atoms with Crippen molar-refractivity contribution in [3.05, 3.63) is 35.4 Å². The van der Waals surface area contributed by atoms with Gasteiger partial charge in [0.2, 0.25) is 0 Å². The molecule has 1 rings (SSSR count). The zero-order valence-corrected chi connectivity index (χ0v) is 7.20. The molecule has 0 aromatic heterocycles. The van der Waals surface area contributed by atoms with Crippen LogP contribution in [0.1, 0.15) is 15.9 Å². The van der Waals surface area contributed by atoms with Crippen molar-refractivity contribution < 1.29 is 9.53 Å². The summed E-state index contributed by atoms with van der Waals surface area (Å²) >= 11 is 0. The van der Waals surface area contributed by atoms with Gasteiger partial charge in [0, 0.05) is 11.6 Å². The first-order valence-electron chi connectivity index (χ1n) is 3.68. The second-order valence-corrected chi connectivity index (χ2v) is 2.34. The van der Waals surface area contributed by atoms with Gasteiger partial charge in [0.15, 0.2) is 0 Å². The minimum absolute atomic E-state index is 0.354. The van der Waals surface area contributed by atoms with Crippen molar-refractivity contribution in [3.63, 3.8) is 0 Å². The van der Waals surface area contributed by atoms with Crippen LogP contribution in [0.2, 0.25) is 0 Å². The zero-order chi connectivity index (χ0) is 9.68. The Morgan fingerprint density at radius 2 is 2.00 bits per heavy atom. The normalized spacial score (nSPS) is 8.38. The molecular weight excluding hydrogens is 166 g/mol. The molecule has 66 valence electrons. The molecule has 3 nitrogen and oxygen atoms in total. The molecule has 0 unspecified atom stereocenters. The molecule has 0 radical (unpaired) electrons. The van der Waals surface area contributed by atoms with E-state index in [0.717, 1.165) is 5.56 Å². The van der Waals surface area contributed by atoms with E-state index in [4.69, 9.17) is 5.73 Å². The van der Waals surface area contributed by atoms with E-state index in [1.807, 2.05) is 0 Å². The van der Waals surface area contributed by atoms with Crippen molar-refractivity contribution in [2.45, 2.75) is 0 Å². The lowest BCUT2D eigenvalue weighted by molar-refractivity contribution is 0.0601. The molecule has 0 heterocycles. The van der Waals surface area contributed by atoms with E-state index < -0.39 is 0 Å². The average Bonchev–Trinajstić information content (AvgIpc) is 2.18. The molecule has 0 saturated heterocycles. The van der Waals surface area contributed by atoms with Gasteiger partial charge in [0.25, 0.3) is 0 Å². The summed E-state index contributed by atoms with van der Waals surface area (Å²) in [4.78, 5) is 11.0. The van der Waals surface area contributed by atoms with Gasteiger partial charge < -0.3 is 10.5 Å². The molecule has 13 heavy (non-hydrogen) atoms. The van der Waals surface area contributed by atoms with Crippen LogP contribution in [0.3, 0.4) is 0 Å². The number of hydrogen-bond acceptors (Lipinski definition) is 3. The van der Waals surface area contributed by atoms with Crippen molar-refractivity contribution in [3.8, 4) is 12.0 Å². The number of rotatable bonds is 1. The summed E-state index contributed by atoms with van der Waals surface area (Å²) in [5.74, 6) is 2.31. The first kappa shape index (κ1) is 9.14. The number of carbonyl (C=O) groups is 1. The molecule has 0 fully saturated rings. The molecule has 0 aliphatic heterocycles. The lowest BCUT2D eigenvalue weighted by atomic mass is 10.1. The molecule has 0 aliphatic rings. The maximum absolute atomic E-state index is 11.0. The molecule has 2 N–H and O–H groups in total. The number of hydrogen-bond donors (Lipinski definition) is 1. The molecule has 1 aromatic carbocycles. The number of nitrogens with two attached hydrogens (primary N) is 1. The number of methoxy groups -OCH3 is 1. The van der Waals surface area contributed by atoms with Crippen LogP contribution < -0.4 is 5.73 Å². The molecular formula is C10H9NO2. The Balaban J connectivity index is 2.91. The first-order chi connectivity index (χ1) is 6.27. The highest BCUT2D eigenvalue weighted by Gasteiger charge is 2.02. The van der Waals surface area contributed by atoms with Crippen LogP contribution >= 0.6 is 0 Å². The van der Waals surface area contributed by atoms with Crippen LogP contribution in [0, 0.1) is 12.0 Å². The zero-order valence-electron chi connectivity index (χ0n) is 7.20. The Labute approximate surface area is 76.5 Å². The number of carbonyl (C=O) groups excluding carboxylic acids is 1. The van der Waals surface area contributed by atoms with E-state index in [0.29, 0.717) is 5.56 Å². The Hall–Kier alpha value is -1.95. The number of esters is 1. The van der Waals surface area contributed by atoms with Gasteiger partial charge in [-0.3, -0.25) is 0 Å². The third-order valence-electron chi connectivity index (χ3n) is 1.52. The maximum Gasteiger partial charge on any atom is 0.337 e. The quantitative estimate of drug-likeness (QED) is 0.389. The van der Waals surface area contributed by atoms with E-state index in [-0.39, 0.29) is 5.97 Å². The fraction of sp³-hybridized carbons (Fsp3) is 0.100. The molecule has 0 atom stereocenters. The standard InChI is InChI=1S/C10H9NO2/c1-13-10(12)9-4-2-8(3-5-9)6-7-11/h2-5H,11H2,1H3. The van der Waals surface area contributed by atoms with E-state index >= 15 is 0 Å². The predicted octanol–water partition coefficient (Wildman–Crippen LogP) is 0.741. The molecule has 1 aromatic rings. The van der Waals surface area contributed by atoms with Gasteiger partial charge >= 0.3 is 5.97 Å². The van der Waals surface area contributed by atoms with Gasteiger partial charge in [0.05, 0.1) is 12.7 Å². The Morgan fingerprint density at radius 3 is 2.46 bits per heavy atom. The van der Waals surface area contributed by atoms with Gasteiger partial charge in [-0.1, -0.05) is 0 Å². The van der Waals surface area contributed by atoms with Crippen molar-refractivity contribution in [2.75, 3.05) is 7.11 Å². The van der Waals surface area contributed by atoms with E-state index in [9.17, 15) is 4.79 Å². The lowest BCUT2D eigenvalue weighted by Gasteiger charge is -1.97. The summed E-state index contributed by atoms with van der Waals surface area (Å²) in [6, 6.07) is 9.00. The van der Waals surface area contributed by atoms with Gasteiger partial charge in [0.1, 0.15) is 0 Å². The SMILES string of the molecule is COC(=O)c1ccc(C#CN)cc1. The smallest absolute Gasteiger partial charge is 0.337 e. The molecule has 0 spiro atoms. The topological polar surface area (TPSA) is 52.3 Å². The van der Waals surface area contributed by atoms with Crippen molar-refractivity contribution in [1.82, 2.24) is 0 Å². The van der Waals surface area contributed by atoms with E-state index in [1.54, 1.807) is 24.3 Å². The summed E-state index contributed by atoms with van der Waals surface area (Å²) < 4.78 is 4.54.